The molecular formula is C15H30N2O. The molecule has 0 aromatic heterocycles. The second kappa shape index (κ2) is 8.52. The van der Waals surface area contributed by atoms with Crippen LogP contribution >= 0.6 is 0 Å². The summed E-state index contributed by atoms with van der Waals surface area (Å²) in [6.45, 7) is 10.6. The molecule has 0 bridgehead atoms. The van der Waals surface area contributed by atoms with E-state index in [2.05, 4.69) is 31.0 Å². The van der Waals surface area contributed by atoms with E-state index >= 15 is 0 Å². The molecule has 1 unspecified atom stereocenters. The largest absolute Gasteiger partial charge is 0.343 e. The SMILES string of the molecule is CCCN(CCC)C(=O)CC(C)C1CCNCC1. The van der Waals surface area contributed by atoms with Gasteiger partial charge in [-0.25, -0.2) is 0 Å². The number of piperidine rings is 1. The van der Waals surface area contributed by atoms with E-state index in [1.807, 2.05) is 0 Å². The van der Waals surface area contributed by atoms with E-state index in [0.717, 1.165) is 51.4 Å². The Kier molecular flexibility index (Phi) is 7.33. The van der Waals surface area contributed by atoms with Gasteiger partial charge in [-0.2, -0.15) is 0 Å². The molecule has 1 fully saturated rings. The fraction of sp³-hybridized carbons (Fsp3) is 0.933. The fourth-order valence-corrected chi connectivity index (χ4v) is 2.89. The van der Waals surface area contributed by atoms with Crippen molar-refractivity contribution in [1.82, 2.24) is 10.2 Å². The number of hydrogen-bond donors (Lipinski definition) is 1. The number of nitrogens with zero attached hydrogens (tertiary/aromatic N) is 1. The zero-order valence-electron chi connectivity index (χ0n) is 12.4. The molecule has 0 aromatic carbocycles. The van der Waals surface area contributed by atoms with Crippen LogP contribution in [0.4, 0.5) is 0 Å². The lowest BCUT2D eigenvalue weighted by Gasteiger charge is -2.30. The molecule has 0 radical (unpaired) electrons. The minimum Gasteiger partial charge on any atom is -0.343 e. The molecule has 1 aliphatic heterocycles. The Bertz CT molecular complexity index is 231. The molecule has 1 aliphatic rings. The maximum absolute atomic E-state index is 12.3. The third-order valence-electron chi connectivity index (χ3n) is 4.02. The van der Waals surface area contributed by atoms with Crippen LogP contribution in [0.15, 0.2) is 0 Å². The van der Waals surface area contributed by atoms with Crippen molar-refractivity contribution < 1.29 is 4.79 Å². The van der Waals surface area contributed by atoms with Crippen LogP contribution in [-0.4, -0.2) is 37.0 Å². The Morgan fingerprint density at radius 2 is 1.78 bits per heavy atom. The molecule has 18 heavy (non-hydrogen) atoms. The Labute approximate surface area is 112 Å². The Morgan fingerprint density at radius 3 is 2.28 bits per heavy atom. The Balaban J connectivity index is 2.40. The molecule has 0 aromatic rings. The minimum absolute atomic E-state index is 0.365. The topological polar surface area (TPSA) is 32.3 Å². The van der Waals surface area contributed by atoms with Crippen molar-refractivity contribution in [3.63, 3.8) is 0 Å². The van der Waals surface area contributed by atoms with Crippen LogP contribution in [0.25, 0.3) is 0 Å². The highest BCUT2D eigenvalue weighted by Gasteiger charge is 2.23. The molecule has 1 rings (SSSR count). The number of hydrogen-bond acceptors (Lipinski definition) is 2. The maximum atomic E-state index is 12.3. The van der Waals surface area contributed by atoms with Gasteiger partial charge in [-0.15, -0.1) is 0 Å². The summed E-state index contributed by atoms with van der Waals surface area (Å²) >= 11 is 0. The maximum Gasteiger partial charge on any atom is 0.222 e. The van der Waals surface area contributed by atoms with Crippen LogP contribution < -0.4 is 5.32 Å². The summed E-state index contributed by atoms with van der Waals surface area (Å²) in [7, 11) is 0. The Morgan fingerprint density at radius 1 is 1.22 bits per heavy atom. The van der Waals surface area contributed by atoms with Gasteiger partial charge in [0.25, 0.3) is 0 Å². The van der Waals surface area contributed by atoms with Crippen LogP contribution in [0.2, 0.25) is 0 Å². The Hall–Kier alpha value is -0.570. The first-order valence-corrected chi connectivity index (χ1v) is 7.67. The van der Waals surface area contributed by atoms with Crippen LogP contribution in [-0.2, 0) is 4.79 Å². The van der Waals surface area contributed by atoms with Crippen molar-refractivity contribution in [3.8, 4) is 0 Å². The molecule has 0 aliphatic carbocycles. The number of amides is 1. The second-order valence-corrected chi connectivity index (χ2v) is 5.65. The lowest BCUT2D eigenvalue weighted by Crippen LogP contribution is -2.36. The van der Waals surface area contributed by atoms with Gasteiger partial charge in [0.2, 0.25) is 5.91 Å². The first-order valence-electron chi connectivity index (χ1n) is 7.67. The number of nitrogens with one attached hydrogen (secondary N) is 1. The fourth-order valence-electron chi connectivity index (χ4n) is 2.89. The van der Waals surface area contributed by atoms with Crippen molar-refractivity contribution in [2.75, 3.05) is 26.2 Å². The average molecular weight is 254 g/mol. The summed E-state index contributed by atoms with van der Waals surface area (Å²) in [5, 5.41) is 3.39. The van der Waals surface area contributed by atoms with Crippen molar-refractivity contribution in [2.45, 2.75) is 52.9 Å². The van der Waals surface area contributed by atoms with Gasteiger partial charge in [-0.3, -0.25) is 4.79 Å². The molecule has 1 saturated heterocycles. The van der Waals surface area contributed by atoms with Gasteiger partial charge in [0.05, 0.1) is 0 Å². The standard InChI is InChI=1S/C15H30N2O/c1-4-10-17(11-5-2)15(18)12-13(3)14-6-8-16-9-7-14/h13-14,16H,4-12H2,1-3H3. The zero-order chi connectivity index (χ0) is 13.4. The summed E-state index contributed by atoms with van der Waals surface area (Å²) in [4.78, 5) is 14.3. The van der Waals surface area contributed by atoms with Crippen molar-refractivity contribution in [1.29, 1.82) is 0 Å². The predicted molar refractivity (Wildman–Crippen MR) is 76.5 cm³/mol. The molecule has 1 atom stereocenters. The lowest BCUT2D eigenvalue weighted by atomic mass is 9.84. The predicted octanol–water partition coefficient (Wildman–Crippen LogP) is 2.66. The average Bonchev–Trinajstić information content (AvgIpc) is 2.39. The van der Waals surface area contributed by atoms with Crippen LogP contribution in [0, 0.1) is 11.8 Å². The molecule has 106 valence electrons. The van der Waals surface area contributed by atoms with Gasteiger partial charge >= 0.3 is 0 Å². The third kappa shape index (κ3) is 4.97. The van der Waals surface area contributed by atoms with Gasteiger partial charge in [0, 0.05) is 19.5 Å². The normalized spacial score (nSPS) is 18.6. The molecule has 3 heteroatoms. The summed E-state index contributed by atoms with van der Waals surface area (Å²) in [6, 6.07) is 0. The summed E-state index contributed by atoms with van der Waals surface area (Å²) in [5.41, 5.74) is 0. The molecule has 1 N–H and O–H groups in total. The van der Waals surface area contributed by atoms with Crippen molar-refractivity contribution in [2.24, 2.45) is 11.8 Å². The van der Waals surface area contributed by atoms with E-state index in [0.29, 0.717) is 11.8 Å². The third-order valence-corrected chi connectivity index (χ3v) is 4.02. The van der Waals surface area contributed by atoms with Gasteiger partial charge < -0.3 is 10.2 Å². The van der Waals surface area contributed by atoms with Crippen molar-refractivity contribution in [3.05, 3.63) is 0 Å². The molecule has 0 saturated carbocycles. The molecule has 3 nitrogen and oxygen atoms in total. The molecule has 1 heterocycles. The first-order chi connectivity index (χ1) is 8.69. The number of carbonyl (C=O) groups is 1. The minimum atomic E-state index is 0.365. The summed E-state index contributed by atoms with van der Waals surface area (Å²) in [6.07, 6.45) is 5.33. The van der Waals surface area contributed by atoms with Crippen molar-refractivity contribution >= 4 is 5.91 Å². The molecule has 1 amide bonds. The number of rotatable bonds is 7. The van der Waals surface area contributed by atoms with Crippen LogP contribution in [0.5, 0.6) is 0 Å². The van der Waals surface area contributed by atoms with Crippen LogP contribution in [0.3, 0.4) is 0 Å². The van der Waals surface area contributed by atoms with E-state index in [-0.39, 0.29) is 0 Å². The van der Waals surface area contributed by atoms with E-state index in [9.17, 15) is 4.79 Å². The quantitative estimate of drug-likeness (QED) is 0.757. The highest BCUT2D eigenvalue weighted by atomic mass is 16.2. The van der Waals surface area contributed by atoms with E-state index in [4.69, 9.17) is 0 Å². The monoisotopic (exact) mass is 254 g/mol. The van der Waals surface area contributed by atoms with E-state index in [1.54, 1.807) is 0 Å². The highest BCUT2D eigenvalue weighted by Crippen LogP contribution is 2.24. The zero-order valence-corrected chi connectivity index (χ0v) is 12.4. The molecule has 0 spiro atoms. The smallest absolute Gasteiger partial charge is 0.222 e. The lowest BCUT2D eigenvalue weighted by molar-refractivity contribution is -0.132. The second-order valence-electron chi connectivity index (χ2n) is 5.65. The summed E-state index contributed by atoms with van der Waals surface area (Å²) < 4.78 is 0. The summed E-state index contributed by atoms with van der Waals surface area (Å²) in [5.74, 6) is 1.64. The highest BCUT2D eigenvalue weighted by molar-refractivity contribution is 5.76. The van der Waals surface area contributed by atoms with Gasteiger partial charge in [-0.1, -0.05) is 20.8 Å². The van der Waals surface area contributed by atoms with Gasteiger partial charge in [-0.05, 0) is 50.6 Å². The van der Waals surface area contributed by atoms with Crippen LogP contribution in [0.1, 0.15) is 52.9 Å². The van der Waals surface area contributed by atoms with Gasteiger partial charge in [0.15, 0.2) is 0 Å². The first kappa shape index (κ1) is 15.5. The van der Waals surface area contributed by atoms with Gasteiger partial charge in [0.1, 0.15) is 0 Å². The van der Waals surface area contributed by atoms with E-state index < -0.39 is 0 Å². The molecular weight excluding hydrogens is 224 g/mol. The number of carbonyl (C=O) groups excluding carboxylic acids is 1. The van der Waals surface area contributed by atoms with E-state index in [1.165, 1.54) is 12.8 Å².